The summed E-state index contributed by atoms with van der Waals surface area (Å²) < 4.78 is 0. The first-order valence-electron chi connectivity index (χ1n) is 7.43. The number of halogens is 1. The van der Waals surface area contributed by atoms with E-state index in [0.717, 1.165) is 30.0 Å². The second-order valence-electron chi connectivity index (χ2n) is 6.07. The maximum absolute atomic E-state index is 11.1. The van der Waals surface area contributed by atoms with Crippen LogP contribution in [0.25, 0.3) is 0 Å². The first kappa shape index (κ1) is 13.3. The number of benzene rings is 1. The highest BCUT2D eigenvalue weighted by molar-refractivity contribution is 6.30. The highest BCUT2D eigenvalue weighted by Crippen LogP contribution is 2.44. The SMILES string of the molecule is O[C@@]12CCCC[C@@H]1CCC[C@@H]2Nc1cccc(Cl)c1. The van der Waals surface area contributed by atoms with Crippen LogP contribution in [-0.4, -0.2) is 16.7 Å². The van der Waals surface area contributed by atoms with Crippen LogP contribution >= 0.6 is 11.6 Å². The Morgan fingerprint density at radius 2 is 2.00 bits per heavy atom. The summed E-state index contributed by atoms with van der Waals surface area (Å²) in [5, 5.41) is 15.4. The van der Waals surface area contributed by atoms with Crippen LogP contribution in [0, 0.1) is 5.92 Å². The topological polar surface area (TPSA) is 32.3 Å². The molecule has 2 N–H and O–H groups in total. The van der Waals surface area contributed by atoms with E-state index in [2.05, 4.69) is 5.32 Å². The summed E-state index contributed by atoms with van der Waals surface area (Å²) in [5.41, 5.74) is 0.510. The summed E-state index contributed by atoms with van der Waals surface area (Å²) >= 11 is 6.03. The largest absolute Gasteiger partial charge is 0.387 e. The van der Waals surface area contributed by atoms with E-state index in [1.54, 1.807) is 0 Å². The van der Waals surface area contributed by atoms with E-state index in [1.165, 1.54) is 25.7 Å². The molecule has 0 bridgehead atoms. The quantitative estimate of drug-likeness (QED) is 0.849. The molecule has 0 aliphatic heterocycles. The van der Waals surface area contributed by atoms with Crippen LogP contribution < -0.4 is 5.32 Å². The third-order valence-corrected chi connectivity index (χ3v) is 5.14. The van der Waals surface area contributed by atoms with Crippen molar-refractivity contribution >= 4 is 17.3 Å². The van der Waals surface area contributed by atoms with Crippen molar-refractivity contribution in [3.63, 3.8) is 0 Å². The maximum atomic E-state index is 11.1. The average Bonchev–Trinajstić information content (AvgIpc) is 2.40. The zero-order chi connectivity index (χ0) is 13.3. The monoisotopic (exact) mass is 279 g/mol. The Hall–Kier alpha value is -0.730. The number of aliphatic hydroxyl groups is 1. The predicted molar refractivity (Wildman–Crippen MR) is 79.6 cm³/mol. The highest BCUT2D eigenvalue weighted by atomic mass is 35.5. The third kappa shape index (κ3) is 2.61. The zero-order valence-corrected chi connectivity index (χ0v) is 12.0. The van der Waals surface area contributed by atoms with Crippen LogP contribution in [0.5, 0.6) is 0 Å². The van der Waals surface area contributed by atoms with Crippen LogP contribution in [-0.2, 0) is 0 Å². The molecule has 2 nitrogen and oxygen atoms in total. The van der Waals surface area contributed by atoms with Gasteiger partial charge in [-0.3, -0.25) is 0 Å². The normalized spacial score (nSPS) is 34.6. The van der Waals surface area contributed by atoms with Gasteiger partial charge in [0.05, 0.1) is 11.6 Å². The van der Waals surface area contributed by atoms with E-state index in [0.29, 0.717) is 5.92 Å². The van der Waals surface area contributed by atoms with Crippen LogP contribution in [0.1, 0.15) is 44.9 Å². The standard InChI is InChI=1S/C16H22ClNO/c17-13-7-4-8-14(11-13)18-15-9-3-6-12-5-1-2-10-16(12,15)19/h4,7-8,11-12,15,18-19H,1-3,5-6,9-10H2/t12-,15+,16+/m1/s1. The Labute approximate surface area is 120 Å². The molecular formula is C16H22ClNO. The Balaban J connectivity index is 1.79. The van der Waals surface area contributed by atoms with Crippen LogP contribution in [0.15, 0.2) is 24.3 Å². The van der Waals surface area contributed by atoms with Gasteiger partial charge in [0.15, 0.2) is 0 Å². The summed E-state index contributed by atoms with van der Waals surface area (Å²) in [6, 6.07) is 7.98. The van der Waals surface area contributed by atoms with E-state index < -0.39 is 5.60 Å². The first-order valence-corrected chi connectivity index (χ1v) is 7.81. The molecule has 0 aromatic heterocycles. The van der Waals surface area contributed by atoms with Gasteiger partial charge in [0, 0.05) is 10.7 Å². The van der Waals surface area contributed by atoms with E-state index in [-0.39, 0.29) is 6.04 Å². The second kappa shape index (κ2) is 5.34. The van der Waals surface area contributed by atoms with Gasteiger partial charge in [0.1, 0.15) is 0 Å². The minimum Gasteiger partial charge on any atom is -0.387 e. The minimum absolute atomic E-state index is 0.171. The number of hydrogen-bond acceptors (Lipinski definition) is 2. The molecule has 0 radical (unpaired) electrons. The van der Waals surface area contributed by atoms with Crippen molar-refractivity contribution in [2.75, 3.05) is 5.32 Å². The molecule has 2 fully saturated rings. The molecule has 3 rings (SSSR count). The molecule has 0 spiro atoms. The van der Waals surface area contributed by atoms with Crippen molar-refractivity contribution in [1.82, 2.24) is 0 Å². The summed E-state index contributed by atoms with van der Waals surface area (Å²) in [7, 11) is 0. The van der Waals surface area contributed by atoms with Gasteiger partial charge in [-0.1, -0.05) is 36.9 Å². The fourth-order valence-corrected chi connectivity index (χ4v) is 4.09. The van der Waals surface area contributed by atoms with Gasteiger partial charge < -0.3 is 10.4 Å². The molecule has 19 heavy (non-hydrogen) atoms. The second-order valence-corrected chi connectivity index (χ2v) is 6.51. The van der Waals surface area contributed by atoms with Gasteiger partial charge in [-0.15, -0.1) is 0 Å². The maximum Gasteiger partial charge on any atom is 0.0875 e. The van der Waals surface area contributed by atoms with Crippen molar-refractivity contribution in [3.8, 4) is 0 Å². The lowest BCUT2D eigenvalue weighted by Crippen LogP contribution is -2.56. The number of fused-ring (bicyclic) bond motifs is 1. The van der Waals surface area contributed by atoms with E-state index in [9.17, 15) is 5.11 Å². The molecule has 3 heteroatoms. The van der Waals surface area contributed by atoms with Gasteiger partial charge in [0.25, 0.3) is 0 Å². The Morgan fingerprint density at radius 1 is 1.16 bits per heavy atom. The molecule has 0 amide bonds. The predicted octanol–water partition coefficient (Wildman–Crippen LogP) is 4.23. The molecule has 0 heterocycles. The van der Waals surface area contributed by atoms with E-state index in [4.69, 9.17) is 11.6 Å². The van der Waals surface area contributed by atoms with Crippen molar-refractivity contribution < 1.29 is 5.11 Å². The highest BCUT2D eigenvalue weighted by Gasteiger charge is 2.47. The lowest BCUT2D eigenvalue weighted by molar-refractivity contribution is -0.0835. The van der Waals surface area contributed by atoms with Crippen LogP contribution in [0.3, 0.4) is 0 Å². The fourth-order valence-electron chi connectivity index (χ4n) is 3.90. The van der Waals surface area contributed by atoms with E-state index in [1.807, 2.05) is 24.3 Å². The van der Waals surface area contributed by atoms with Gasteiger partial charge in [0.2, 0.25) is 0 Å². The molecular weight excluding hydrogens is 258 g/mol. The third-order valence-electron chi connectivity index (χ3n) is 4.90. The van der Waals surface area contributed by atoms with Gasteiger partial charge in [-0.2, -0.15) is 0 Å². The zero-order valence-electron chi connectivity index (χ0n) is 11.2. The molecule has 2 saturated carbocycles. The fraction of sp³-hybridized carbons (Fsp3) is 0.625. The molecule has 2 aliphatic rings. The molecule has 104 valence electrons. The van der Waals surface area contributed by atoms with E-state index >= 15 is 0 Å². The molecule has 1 aromatic rings. The number of anilines is 1. The minimum atomic E-state index is -0.515. The molecule has 0 saturated heterocycles. The Kier molecular flexibility index (Phi) is 3.72. The molecule has 3 atom stereocenters. The molecule has 2 aliphatic carbocycles. The smallest absolute Gasteiger partial charge is 0.0875 e. The summed E-state index contributed by atoms with van der Waals surface area (Å²) in [5.74, 6) is 0.478. The van der Waals surface area contributed by atoms with Gasteiger partial charge in [-0.25, -0.2) is 0 Å². The number of hydrogen-bond donors (Lipinski definition) is 2. The lowest BCUT2D eigenvalue weighted by atomic mass is 9.65. The summed E-state index contributed by atoms with van der Waals surface area (Å²) in [4.78, 5) is 0. The van der Waals surface area contributed by atoms with Crippen molar-refractivity contribution in [3.05, 3.63) is 29.3 Å². The number of rotatable bonds is 2. The van der Waals surface area contributed by atoms with Crippen molar-refractivity contribution in [2.24, 2.45) is 5.92 Å². The average molecular weight is 280 g/mol. The summed E-state index contributed by atoms with van der Waals surface area (Å²) in [6.07, 6.45) is 8.01. The molecule has 0 unspecified atom stereocenters. The van der Waals surface area contributed by atoms with Crippen LogP contribution in [0.4, 0.5) is 5.69 Å². The Bertz CT molecular complexity index is 448. The first-order chi connectivity index (χ1) is 9.18. The number of nitrogens with one attached hydrogen (secondary N) is 1. The molecule has 1 aromatic carbocycles. The Morgan fingerprint density at radius 3 is 2.84 bits per heavy atom. The van der Waals surface area contributed by atoms with Crippen LogP contribution in [0.2, 0.25) is 5.02 Å². The van der Waals surface area contributed by atoms with Gasteiger partial charge >= 0.3 is 0 Å². The van der Waals surface area contributed by atoms with Crippen molar-refractivity contribution in [2.45, 2.75) is 56.6 Å². The lowest BCUT2D eigenvalue weighted by Gasteiger charge is -2.49. The van der Waals surface area contributed by atoms with Crippen molar-refractivity contribution in [1.29, 1.82) is 0 Å². The van der Waals surface area contributed by atoms with Gasteiger partial charge in [-0.05, 0) is 49.8 Å². The summed E-state index contributed by atoms with van der Waals surface area (Å²) in [6.45, 7) is 0.